The van der Waals surface area contributed by atoms with E-state index in [-0.39, 0.29) is 17.4 Å². The molecule has 1 heterocycles. The normalized spacial score (nSPS) is 11.8. The number of oxazole rings is 1. The number of hydrogen-bond donors (Lipinski definition) is 0. The van der Waals surface area contributed by atoms with Crippen molar-refractivity contribution in [1.29, 1.82) is 0 Å². The van der Waals surface area contributed by atoms with Crippen LogP contribution in [-0.2, 0) is 15.6 Å². The zero-order valence-corrected chi connectivity index (χ0v) is 8.85. The van der Waals surface area contributed by atoms with Crippen molar-refractivity contribution in [3.8, 4) is 0 Å². The third-order valence-corrected chi connectivity index (χ3v) is 3.24. The highest BCUT2D eigenvalue weighted by Crippen LogP contribution is 2.11. The molecule has 0 aliphatic carbocycles. The van der Waals surface area contributed by atoms with Gasteiger partial charge in [-0.3, -0.25) is 0 Å². The van der Waals surface area contributed by atoms with Crippen molar-refractivity contribution < 1.29 is 12.8 Å². The molecular formula is C6H8BrNO3S. The van der Waals surface area contributed by atoms with Gasteiger partial charge in [0.05, 0.1) is 0 Å². The monoisotopic (exact) mass is 253 g/mol. The van der Waals surface area contributed by atoms with Crippen molar-refractivity contribution in [2.75, 3.05) is 5.75 Å². The van der Waals surface area contributed by atoms with Crippen LogP contribution in [-0.4, -0.2) is 19.2 Å². The van der Waals surface area contributed by atoms with Crippen LogP contribution in [0.25, 0.3) is 0 Å². The van der Waals surface area contributed by atoms with E-state index in [1.807, 2.05) is 0 Å². The van der Waals surface area contributed by atoms with E-state index >= 15 is 0 Å². The van der Waals surface area contributed by atoms with Gasteiger partial charge in [-0.25, -0.2) is 13.4 Å². The third kappa shape index (κ3) is 2.60. The van der Waals surface area contributed by atoms with Gasteiger partial charge < -0.3 is 4.42 Å². The summed E-state index contributed by atoms with van der Waals surface area (Å²) in [7, 11) is -3.04. The Morgan fingerprint density at radius 2 is 2.33 bits per heavy atom. The summed E-state index contributed by atoms with van der Waals surface area (Å²) in [5.74, 6) is 0.200. The van der Waals surface area contributed by atoms with Gasteiger partial charge >= 0.3 is 0 Å². The highest BCUT2D eigenvalue weighted by molar-refractivity contribution is 9.10. The van der Waals surface area contributed by atoms with Crippen LogP contribution in [0.15, 0.2) is 15.3 Å². The molecule has 0 saturated heterocycles. The van der Waals surface area contributed by atoms with Gasteiger partial charge in [-0.15, -0.1) is 0 Å². The zero-order valence-electron chi connectivity index (χ0n) is 6.45. The number of hydrogen-bond acceptors (Lipinski definition) is 4. The van der Waals surface area contributed by atoms with E-state index in [9.17, 15) is 8.42 Å². The highest BCUT2D eigenvalue weighted by Gasteiger charge is 2.12. The maximum atomic E-state index is 11.1. The maximum absolute atomic E-state index is 11.1. The lowest BCUT2D eigenvalue weighted by Gasteiger charge is -1.94. The summed E-state index contributed by atoms with van der Waals surface area (Å²) in [6.07, 6.45) is 1.36. The van der Waals surface area contributed by atoms with E-state index in [2.05, 4.69) is 20.9 Å². The van der Waals surface area contributed by atoms with Crippen molar-refractivity contribution in [3.63, 3.8) is 0 Å². The first-order chi connectivity index (χ1) is 5.53. The Morgan fingerprint density at radius 3 is 2.75 bits per heavy atom. The molecule has 0 saturated carbocycles. The van der Waals surface area contributed by atoms with E-state index in [1.165, 1.54) is 6.26 Å². The van der Waals surface area contributed by atoms with Crippen LogP contribution in [0.3, 0.4) is 0 Å². The van der Waals surface area contributed by atoms with Crippen LogP contribution < -0.4 is 0 Å². The van der Waals surface area contributed by atoms with Gasteiger partial charge in [-0.2, -0.15) is 0 Å². The van der Waals surface area contributed by atoms with E-state index < -0.39 is 9.84 Å². The van der Waals surface area contributed by atoms with Gasteiger partial charge in [0, 0.05) is 5.75 Å². The molecule has 0 fully saturated rings. The van der Waals surface area contributed by atoms with Crippen molar-refractivity contribution in [3.05, 3.63) is 16.8 Å². The maximum Gasteiger partial charge on any atom is 0.210 e. The molecule has 0 atom stereocenters. The fourth-order valence-corrected chi connectivity index (χ4v) is 1.65. The Labute approximate surface area is 79.0 Å². The van der Waals surface area contributed by atoms with Gasteiger partial charge in [0.25, 0.3) is 0 Å². The Bertz CT molecular complexity index is 357. The molecule has 0 spiro atoms. The Kier molecular flexibility index (Phi) is 2.89. The SMILES string of the molecule is CCS(=O)(=O)Cc1nc(Br)co1. The Hall–Kier alpha value is -0.360. The van der Waals surface area contributed by atoms with Crippen LogP contribution in [0.4, 0.5) is 0 Å². The third-order valence-electron chi connectivity index (χ3n) is 1.31. The second kappa shape index (κ2) is 3.57. The standard InChI is InChI=1S/C6H8BrNO3S/c1-2-12(9,10)4-6-8-5(7)3-11-6/h3H,2,4H2,1H3. The summed E-state index contributed by atoms with van der Waals surface area (Å²) in [4.78, 5) is 3.81. The average Bonchev–Trinajstić information content (AvgIpc) is 2.35. The molecule has 6 heteroatoms. The summed E-state index contributed by atoms with van der Waals surface area (Å²) in [5.41, 5.74) is 0. The summed E-state index contributed by atoms with van der Waals surface area (Å²) in [6, 6.07) is 0. The molecule has 0 bridgehead atoms. The van der Waals surface area contributed by atoms with Crippen molar-refractivity contribution in [2.45, 2.75) is 12.7 Å². The number of nitrogens with zero attached hydrogens (tertiary/aromatic N) is 1. The van der Waals surface area contributed by atoms with E-state index in [0.717, 1.165) is 0 Å². The molecule has 1 aromatic heterocycles. The Morgan fingerprint density at radius 1 is 1.67 bits per heavy atom. The second-order valence-electron chi connectivity index (χ2n) is 2.24. The molecule has 0 aliphatic rings. The molecule has 0 aliphatic heterocycles. The average molecular weight is 254 g/mol. The van der Waals surface area contributed by atoms with Crippen LogP contribution >= 0.6 is 15.9 Å². The quantitative estimate of drug-likeness (QED) is 0.817. The van der Waals surface area contributed by atoms with Crippen LogP contribution in [0.5, 0.6) is 0 Å². The smallest absolute Gasteiger partial charge is 0.210 e. The Balaban J connectivity index is 2.77. The van der Waals surface area contributed by atoms with Gasteiger partial charge in [-0.1, -0.05) is 6.92 Å². The molecule has 0 radical (unpaired) electrons. The fraction of sp³-hybridized carbons (Fsp3) is 0.500. The summed E-state index contributed by atoms with van der Waals surface area (Å²) >= 11 is 3.06. The van der Waals surface area contributed by atoms with Crippen LogP contribution in [0.1, 0.15) is 12.8 Å². The lowest BCUT2D eigenvalue weighted by atomic mass is 10.8. The minimum atomic E-state index is -3.04. The lowest BCUT2D eigenvalue weighted by Crippen LogP contribution is -2.06. The first kappa shape index (κ1) is 9.73. The van der Waals surface area contributed by atoms with Crippen LogP contribution in [0.2, 0.25) is 0 Å². The number of rotatable bonds is 3. The minimum Gasteiger partial charge on any atom is -0.447 e. The summed E-state index contributed by atoms with van der Waals surface area (Å²) in [6.45, 7) is 1.59. The second-order valence-corrected chi connectivity index (χ2v) is 5.41. The van der Waals surface area contributed by atoms with E-state index in [4.69, 9.17) is 4.42 Å². The molecule has 0 N–H and O–H groups in total. The zero-order chi connectivity index (χ0) is 9.19. The lowest BCUT2D eigenvalue weighted by molar-refractivity contribution is 0.508. The summed E-state index contributed by atoms with van der Waals surface area (Å²) < 4.78 is 27.5. The molecular weight excluding hydrogens is 246 g/mol. The number of aromatic nitrogens is 1. The van der Waals surface area contributed by atoms with Crippen molar-refractivity contribution >= 4 is 25.8 Å². The molecule has 4 nitrogen and oxygen atoms in total. The predicted molar refractivity (Wildman–Crippen MR) is 47.4 cm³/mol. The molecule has 1 aromatic rings. The largest absolute Gasteiger partial charge is 0.447 e. The van der Waals surface area contributed by atoms with Crippen molar-refractivity contribution in [2.24, 2.45) is 0 Å². The first-order valence-corrected chi connectivity index (χ1v) is 5.95. The van der Waals surface area contributed by atoms with Gasteiger partial charge in [-0.05, 0) is 15.9 Å². The molecule has 0 unspecified atom stereocenters. The van der Waals surface area contributed by atoms with Crippen molar-refractivity contribution in [1.82, 2.24) is 4.98 Å². The van der Waals surface area contributed by atoms with E-state index in [1.54, 1.807) is 6.92 Å². The fourth-order valence-electron chi connectivity index (χ4n) is 0.645. The molecule has 1 rings (SSSR count). The van der Waals surface area contributed by atoms with Gasteiger partial charge in [0.15, 0.2) is 9.84 Å². The predicted octanol–water partition coefficient (Wildman–Crippen LogP) is 1.37. The molecule has 68 valence electrons. The van der Waals surface area contributed by atoms with Gasteiger partial charge in [0.2, 0.25) is 5.89 Å². The molecule has 12 heavy (non-hydrogen) atoms. The number of sulfone groups is 1. The minimum absolute atomic E-state index is 0.104. The highest BCUT2D eigenvalue weighted by atomic mass is 79.9. The number of halogens is 1. The molecule has 0 amide bonds. The molecule has 0 aromatic carbocycles. The summed E-state index contributed by atoms with van der Waals surface area (Å²) in [5, 5.41) is 0. The van der Waals surface area contributed by atoms with E-state index in [0.29, 0.717) is 4.60 Å². The topological polar surface area (TPSA) is 60.2 Å². The van der Waals surface area contributed by atoms with Crippen LogP contribution in [0, 0.1) is 0 Å². The van der Waals surface area contributed by atoms with Gasteiger partial charge in [0.1, 0.15) is 16.6 Å². The first-order valence-electron chi connectivity index (χ1n) is 3.34.